The quantitative estimate of drug-likeness (QED) is 0.806. The van der Waals surface area contributed by atoms with Crippen LogP contribution >= 0.6 is 0 Å². The average Bonchev–Trinajstić information content (AvgIpc) is 3.02. The highest BCUT2D eigenvalue weighted by atomic mass is 16.5. The zero-order chi connectivity index (χ0) is 14.8. The van der Waals surface area contributed by atoms with Gasteiger partial charge in [-0.1, -0.05) is 12.1 Å². The van der Waals surface area contributed by atoms with Crippen molar-refractivity contribution in [2.45, 2.75) is 12.5 Å². The van der Waals surface area contributed by atoms with Crippen LogP contribution < -0.4 is 5.32 Å². The van der Waals surface area contributed by atoms with E-state index in [9.17, 15) is 0 Å². The number of rotatable bonds is 3. The minimum atomic E-state index is 0.267. The van der Waals surface area contributed by atoms with E-state index in [1.807, 2.05) is 24.5 Å². The summed E-state index contributed by atoms with van der Waals surface area (Å²) in [6.07, 6.45) is 7.00. The fraction of sp³-hybridized carbons (Fsp3) is 0.278. The van der Waals surface area contributed by atoms with E-state index in [4.69, 9.17) is 4.74 Å². The third-order valence-electron chi connectivity index (χ3n) is 4.22. The van der Waals surface area contributed by atoms with Crippen LogP contribution in [0.5, 0.6) is 0 Å². The predicted molar refractivity (Wildman–Crippen MR) is 87.4 cm³/mol. The first-order valence-corrected chi connectivity index (χ1v) is 7.73. The molecule has 22 heavy (non-hydrogen) atoms. The minimum absolute atomic E-state index is 0.267. The molecule has 2 aromatic heterocycles. The Morgan fingerprint density at radius 2 is 2.09 bits per heavy atom. The summed E-state index contributed by atoms with van der Waals surface area (Å²) in [4.78, 5) is 4.09. The molecule has 0 radical (unpaired) electrons. The smallest absolute Gasteiger partial charge is 0.0740 e. The number of aromatic nitrogens is 2. The standard InChI is InChI=1S/C18H19N3O/c1-2-14(12-16-13-20-9-11-22-16)17-6-10-21(18(17)3-1)15-4-7-19-8-5-15/h1-8,10,16,20H,9,11-13H2. The number of nitrogens with zero attached hydrogens (tertiary/aromatic N) is 2. The minimum Gasteiger partial charge on any atom is -0.375 e. The highest BCUT2D eigenvalue weighted by Gasteiger charge is 2.16. The van der Waals surface area contributed by atoms with Gasteiger partial charge in [0.1, 0.15) is 0 Å². The summed E-state index contributed by atoms with van der Waals surface area (Å²) < 4.78 is 8.05. The first-order chi connectivity index (χ1) is 10.9. The monoisotopic (exact) mass is 293 g/mol. The second-order valence-electron chi connectivity index (χ2n) is 5.64. The molecule has 1 aliphatic heterocycles. The molecule has 0 amide bonds. The van der Waals surface area contributed by atoms with Crippen LogP contribution in [-0.4, -0.2) is 35.4 Å². The Bertz CT molecular complexity index is 760. The van der Waals surface area contributed by atoms with Crippen molar-refractivity contribution in [3.63, 3.8) is 0 Å². The molecule has 1 aromatic carbocycles. The van der Waals surface area contributed by atoms with Gasteiger partial charge in [0.2, 0.25) is 0 Å². The lowest BCUT2D eigenvalue weighted by Gasteiger charge is -2.23. The molecule has 3 heterocycles. The van der Waals surface area contributed by atoms with Crippen LogP contribution in [0.2, 0.25) is 0 Å². The molecule has 1 unspecified atom stereocenters. The van der Waals surface area contributed by atoms with Crippen LogP contribution in [0.15, 0.2) is 55.0 Å². The van der Waals surface area contributed by atoms with Crippen molar-refractivity contribution in [2.75, 3.05) is 19.7 Å². The maximum Gasteiger partial charge on any atom is 0.0740 e. The van der Waals surface area contributed by atoms with Crippen LogP contribution in [0, 0.1) is 0 Å². The van der Waals surface area contributed by atoms with Gasteiger partial charge >= 0.3 is 0 Å². The van der Waals surface area contributed by atoms with E-state index in [1.165, 1.54) is 16.5 Å². The third kappa shape index (κ3) is 2.51. The van der Waals surface area contributed by atoms with E-state index in [-0.39, 0.29) is 6.10 Å². The second kappa shape index (κ2) is 5.91. The van der Waals surface area contributed by atoms with Crippen molar-refractivity contribution < 1.29 is 4.74 Å². The topological polar surface area (TPSA) is 39.1 Å². The van der Waals surface area contributed by atoms with E-state index in [1.54, 1.807) is 0 Å². The number of hydrogen-bond donors (Lipinski definition) is 1. The number of morpholine rings is 1. The van der Waals surface area contributed by atoms with E-state index in [0.29, 0.717) is 0 Å². The van der Waals surface area contributed by atoms with Gasteiger partial charge in [0.05, 0.1) is 18.2 Å². The first kappa shape index (κ1) is 13.5. The summed E-state index contributed by atoms with van der Waals surface area (Å²) in [5.41, 5.74) is 3.71. The summed E-state index contributed by atoms with van der Waals surface area (Å²) in [7, 11) is 0. The van der Waals surface area contributed by atoms with Gasteiger partial charge in [-0.3, -0.25) is 4.98 Å². The molecular weight excluding hydrogens is 274 g/mol. The molecule has 112 valence electrons. The molecule has 1 saturated heterocycles. The van der Waals surface area contributed by atoms with Gasteiger partial charge in [0.15, 0.2) is 0 Å². The summed E-state index contributed by atoms with van der Waals surface area (Å²) in [6.45, 7) is 2.69. The van der Waals surface area contributed by atoms with Crippen LogP contribution in [-0.2, 0) is 11.2 Å². The van der Waals surface area contributed by atoms with Crippen molar-refractivity contribution in [1.29, 1.82) is 0 Å². The van der Waals surface area contributed by atoms with Gasteiger partial charge in [-0.25, -0.2) is 0 Å². The zero-order valence-corrected chi connectivity index (χ0v) is 12.4. The molecule has 4 nitrogen and oxygen atoms in total. The van der Waals surface area contributed by atoms with Crippen LogP contribution in [0.3, 0.4) is 0 Å². The lowest BCUT2D eigenvalue weighted by Crippen LogP contribution is -2.39. The third-order valence-corrected chi connectivity index (χ3v) is 4.22. The van der Waals surface area contributed by atoms with Crippen molar-refractivity contribution >= 4 is 10.9 Å². The van der Waals surface area contributed by atoms with Crippen molar-refractivity contribution in [3.8, 4) is 5.69 Å². The van der Waals surface area contributed by atoms with Crippen LogP contribution in [0.25, 0.3) is 16.6 Å². The molecule has 4 rings (SSSR count). The Kier molecular flexibility index (Phi) is 3.62. The maximum atomic E-state index is 5.84. The Hall–Kier alpha value is -2.17. The molecule has 0 bridgehead atoms. The lowest BCUT2D eigenvalue weighted by atomic mass is 10.0. The molecule has 1 fully saturated rings. The van der Waals surface area contributed by atoms with Crippen molar-refractivity contribution in [2.24, 2.45) is 0 Å². The molecule has 4 heteroatoms. The summed E-state index contributed by atoms with van der Waals surface area (Å²) >= 11 is 0. The van der Waals surface area contributed by atoms with Gasteiger partial charge in [0, 0.05) is 49.2 Å². The van der Waals surface area contributed by atoms with Gasteiger partial charge in [0.25, 0.3) is 0 Å². The number of nitrogens with one attached hydrogen (secondary N) is 1. The van der Waals surface area contributed by atoms with Gasteiger partial charge in [-0.2, -0.15) is 0 Å². The highest BCUT2D eigenvalue weighted by Crippen LogP contribution is 2.25. The molecule has 1 aliphatic rings. The fourth-order valence-electron chi connectivity index (χ4n) is 3.14. The highest BCUT2D eigenvalue weighted by molar-refractivity contribution is 5.85. The molecule has 1 atom stereocenters. The van der Waals surface area contributed by atoms with E-state index in [2.05, 4.69) is 45.3 Å². The molecule has 3 aromatic rings. The van der Waals surface area contributed by atoms with Gasteiger partial charge in [-0.15, -0.1) is 0 Å². The normalized spacial score (nSPS) is 18.6. The zero-order valence-electron chi connectivity index (χ0n) is 12.4. The fourth-order valence-corrected chi connectivity index (χ4v) is 3.14. The predicted octanol–water partition coefficient (Wildman–Crippen LogP) is 2.56. The molecule has 1 N–H and O–H groups in total. The molecule has 0 saturated carbocycles. The maximum absolute atomic E-state index is 5.84. The molecule has 0 spiro atoms. The number of ether oxygens (including phenoxy) is 1. The summed E-state index contributed by atoms with van der Waals surface area (Å²) in [6, 6.07) is 12.8. The Morgan fingerprint density at radius 3 is 2.91 bits per heavy atom. The molecular formula is C18H19N3O. The van der Waals surface area contributed by atoms with E-state index >= 15 is 0 Å². The van der Waals surface area contributed by atoms with Crippen molar-refractivity contribution in [3.05, 3.63) is 60.6 Å². The van der Waals surface area contributed by atoms with Crippen LogP contribution in [0.4, 0.5) is 0 Å². The number of hydrogen-bond acceptors (Lipinski definition) is 3. The SMILES string of the molecule is c1cc(CC2CNCCO2)c2ccn(-c3ccncc3)c2c1. The second-order valence-corrected chi connectivity index (χ2v) is 5.64. The Labute approximate surface area is 129 Å². The van der Waals surface area contributed by atoms with E-state index < -0.39 is 0 Å². The van der Waals surface area contributed by atoms with E-state index in [0.717, 1.165) is 31.8 Å². The van der Waals surface area contributed by atoms with Gasteiger partial charge in [-0.05, 0) is 29.8 Å². The number of fused-ring (bicyclic) bond motifs is 1. The van der Waals surface area contributed by atoms with Crippen molar-refractivity contribution in [1.82, 2.24) is 14.9 Å². The Balaban J connectivity index is 1.70. The average molecular weight is 293 g/mol. The lowest BCUT2D eigenvalue weighted by molar-refractivity contribution is 0.0294. The largest absolute Gasteiger partial charge is 0.375 e. The number of benzene rings is 1. The van der Waals surface area contributed by atoms with Crippen LogP contribution in [0.1, 0.15) is 5.56 Å². The summed E-state index contributed by atoms with van der Waals surface area (Å²) in [5, 5.41) is 4.70. The first-order valence-electron chi connectivity index (χ1n) is 7.73. The summed E-state index contributed by atoms with van der Waals surface area (Å²) in [5.74, 6) is 0. The Morgan fingerprint density at radius 1 is 1.18 bits per heavy atom. The van der Waals surface area contributed by atoms with Gasteiger partial charge < -0.3 is 14.6 Å². The molecule has 0 aliphatic carbocycles. The number of pyridine rings is 1.